The van der Waals surface area contributed by atoms with E-state index in [-0.39, 0.29) is 23.5 Å². The number of H-pyrrole nitrogens is 1. The van der Waals surface area contributed by atoms with Crippen LogP contribution in [-0.4, -0.2) is 56.9 Å². The molecule has 0 amide bonds. The Morgan fingerprint density at radius 2 is 2.10 bits per heavy atom. The Morgan fingerprint density at radius 1 is 1.28 bits per heavy atom. The van der Waals surface area contributed by atoms with Crippen molar-refractivity contribution in [3.63, 3.8) is 0 Å². The second kappa shape index (κ2) is 6.36. The van der Waals surface area contributed by atoms with Crippen molar-refractivity contribution >= 4 is 16.9 Å². The molecule has 0 saturated carbocycles. The topological polar surface area (TPSA) is 96.4 Å². The van der Waals surface area contributed by atoms with Crippen molar-refractivity contribution in [3.05, 3.63) is 30.0 Å². The van der Waals surface area contributed by atoms with Gasteiger partial charge in [0.15, 0.2) is 23.2 Å². The highest BCUT2D eigenvalue weighted by Crippen LogP contribution is 2.43. The van der Waals surface area contributed by atoms with Crippen molar-refractivity contribution in [3.8, 4) is 17.1 Å². The fraction of sp³-hybridized carbons (Fsp3) is 0.450. The van der Waals surface area contributed by atoms with Gasteiger partial charge in [0.25, 0.3) is 0 Å². The van der Waals surface area contributed by atoms with Crippen LogP contribution in [0.1, 0.15) is 26.5 Å². The number of rotatable bonds is 2. The minimum absolute atomic E-state index is 0.00165. The Balaban J connectivity index is 1.79. The number of hydrogen-bond donors (Lipinski definition) is 2. The molecule has 0 radical (unpaired) electrons. The van der Waals surface area contributed by atoms with Crippen LogP contribution in [0.25, 0.3) is 22.4 Å². The molecule has 0 aromatic carbocycles. The van der Waals surface area contributed by atoms with Crippen LogP contribution in [-0.2, 0) is 10.3 Å². The van der Waals surface area contributed by atoms with Crippen LogP contribution in [0.4, 0.5) is 10.2 Å². The number of nitrogens with one attached hydrogen (secondary N) is 1. The van der Waals surface area contributed by atoms with Gasteiger partial charge in [-0.3, -0.25) is 0 Å². The summed E-state index contributed by atoms with van der Waals surface area (Å²) in [5, 5.41) is 11.4. The molecule has 29 heavy (non-hydrogen) atoms. The van der Waals surface area contributed by atoms with E-state index < -0.39 is 11.4 Å². The smallest absolute Gasteiger partial charge is 0.186 e. The van der Waals surface area contributed by atoms with Gasteiger partial charge in [0, 0.05) is 11.6 Å². The van der Waals surface area contributed by atoms with Gasteiger partial charge in [0.05, 0.1) is 37.1 Å². The van der Waals surface area contributed by atoms with E-state index in [9.17, 15) is 9.50 Å². The average Bonchev–Trinajstić information content (AvgIpc) is 3.14. The Morgan fingerprint density at radius 3 is 2.90 bits per heavy atom. The number of aliphatic hydroxyl groups is 1. The third-order valence-electron chi connectivity index (χ3n) is 5.39. The highest BCUT2D eigenvalue weighted by atomic mass is 19.1. The minimum atomic E-state index is -1.30. The summed E-state index contributed by atoms with van der Waals surface area (Å²) in [6.45, 7) is 6.79. The zero-order valence-electron chi connectivity index (χ0n) is 16.4. The van der Waals surface area contributed by atoms with E-state index in [1.54, 1.807) is 26.1 Å². The second-order valence-electron chi connectivity index (χ2n) is 8.09. The summed E-state index contributed by atoms with van der Waals surface area (Å²) in [7, 11) is 0. The molecule has 5 rings (SSSR count). The Kier molecular flexibility index (Phi) is 4.01. The zero-order valence-corrected chi connectivity index (χ0v) is 16.4. The monoisotopic (exact) mass is 399 g/mol. The number of aromatic nitrogens is 4. The molecule has 3 aromatic rings. The summed E-state index contributed by atoms with van der Waals surface area (Å²) >= 11 is 0. The molecule has 0 bridgehead atoms. The van der Waals surface area contributed by atoms with Crippen molar-refractivity contribution < 1.29 is 19.0 Å². The predicted octanol–water partition coefficient (Wildman–Crippen LogP) is 2.37. The first kappa shape index (κ1) is 18.3. The lowest BCUT2D eigenvalue weighted by Gasteiger charge is -2.45. The third-order valence-corrected chi connectivity index (χ3v) is 5.39. The molecule has 0 spiro atoms. The summed E-state index contributed by atoms with van der Waals surface area (Å²) in [5.74, 6) is 0.653. The molecule has 5 heterocycles. The number of morpholine rings is 1. The molecule has 0 aliphatic carbocycles. The van der Waals surface area contributed by atoms with Crippen molar-refractivity contribution in [2.45, 2.75) is 38.5 Å². The predicted molar refractivity (Wildman–Crippen MR) is 104 cm³/mol. The highest BCUT2D eigenvalue weighted by Gasteiger charge is 2.40. The number of nitrogens with zero attached hydrogens (tertiary/aromatic N) is 4. The van der Waals surface area contributed by atoms with Gasteiger partial charge in [0.1, 0.15) is 23.5 Å². The van der Waals surface area contributed by atoms with Gasteiger partial charge >= 0.3 is 0 Å². The number of anilines is 1. The van der Waals surface area contributed by atoms with E-state index in [4.69, 9.17) is 14.5 Å². The Hall–Kier alpha value is -2.78. The number of hydrogen-bond acceptors (Lipinski definition) is 7. The standard InChI is InChI=1S/C20H22FN5O3/c1-10-7-28-8-11-9-29-15-16(20(2,3)27)24-18(25-19(15)26(10)11)14-12-4-5-22-17(12)23-6-13(14)21/h4-6,10-11,27H,7-9H2,1-3H3,(H,22,23)/t10-,11?/m1/s1. The summed E-state index contributed by atoms with van der Waals surface area (Å²) in [5.41, 5.74) is -0.186. The van der Waals surface area contributed by atoms with E-state index in [0.717, 1.165) is 6.20 Å². The van der Waals surface area contributed by atoms with Crippen LogP contribution in [0.2, 0.25) is 0 Å². The fourth-order valence-corrected chi connectivity index (χ4v) is 4.07. The lowest BCUT2D eigenvalue weighted by atomic mass is 10.0. The number of ether oxygens (including phenoxy) is 2. The van der Waals surface area contributed by atoms with Gasteiger partial charge in [-0.2, -0.15) is 0 Å². The van der Waals surface area contributed by atoms with Crippen molar-refractivity contribution in [1.82, 2.24) is 19.9 Å². The molecule has 2 N–H and O–H groups in total. The molecule has 3 aromatic heterocycles. The quantitative estimate of drug-likeness (QED) is 0.683. The van der Waals surface area contributed by atoms with Crippen molar-refractivity contribution in [2.75, 3.05) is 24.7 Å². The van der Waals surface area contributed by atoms with Crippen molar-refractivity contribution in [1.29, 1.82) is 0 Å². The van der Waals surface area contributed by atoms with Gasteiger partial charge in [0.2, 0.25) is 0 Å². The maximum atomic E-state index is 14.9. The van der Waals surface area contributed by atoms with Gasteiger partial charge in [-0.25, -0.2) is 19.3 Å². The maximum Gasteiger partial charge on any atom is 0.186 e. The lowest BCUT2D eigenvalue weighted by molar-refractivity contribution is 0.0425. The molecule has 9 heteroatoms. The zero-order chi connectivity index (χ0) is 20.3. The first-order valence-electron chi connectivity index (χ1n) is 9.60. The molecule has 1 unspecified atom stereocenters. The SMILES string of the molecule is C[C@@H]1COCC2COc3c(nc(-c4c(F)cnc5[nH]ccc45)nc3C(C)(C)O)N21. The maximum absolute atomic E-state index is 14.9. The molecule has 2 aliphatic rings. The van der Waals surface area contributed by atoms with Crippen LogP contribution >= 0.6 is 0 Å². The van der Waals surface area contributed by atoms with Gasteiger partial charge in [-0.15, -0.1) is 0 Å². The van der Waals surface area contributed by atoms with E-state index in [0.29, 0.717) is 48.1 Å². The molecular formula is C20H22FN5O3. The molecule has 2 atom stereocenters. The summed E-state index contributed by atoms with van der Waals surface area (Å²) in [6.07, 6.45) is 2.84. The largest absolute Gasteiger partial charge is 0.485 e. The molecule has 8 nitrogen and oxygen atoms in total. The van der Waals surface area contributed by atoms with E-state index in [2.05, 4.69) is 19.9 Å². The number of pyridine rings is 1. The number of halogens is 1. The van der Waals surface area contributed by atoms with Crippen molar-refractivity contribution in [2.24, 2.45) is 0 Å². The average molecular weight is 399 g/mol. The summed E-state index contributed by atoms with van der Waals surface area (Å²) in [4.78, 5) is 18.5. The first-order chi connectivity index (χ1) is 13.8. The number of aromatic amines is 1. The van der Waals surface area contributed by atoms with Gasteiger partial charge in [-0.1, -0.05) is 0 Å². The molecule has 152 valence electrons. The second-order valence-corrected chi connectivity index (χ2v) is 8.09. The molecular weight excluding hydrogens is 377 g/mol. The van der Waals surface area contributed by atoms with Crippen LogP contribution in [0, 0.1) is 5.82 Å². The fourth-order valence-electron chi connectivity index (χ4n) is 4.07. The van der Waals surface area contributed by atoms with Crippen LogP contribution in [0.3, 0.4) is 0 Å². The molecule has 1 fully saturated rings. The highest BCUT2D eigenvalue weighted by molar-refractivity contribution is 5.91. The summed E-state index contributed by atoms with van der Waals surface area (Å²) < 4.78 is 26.5. The van der Waals surface area contributed by atoms with Gasteiger partial charge < -0.3 is 24.5 Å². The third kappa shape index (κ3) is 2.84. The number of fused-ring (bicyclic) bond motifs is 4. The Labute approximate surface area is 166 Å². The minimum Gasteiger partial charge on any atom is -0.485 e. The lowest BCUT2D eigenvalue weighted by Crippen LogP contribution is -2.56. The van der Waals surface area contributed by atoms with Crippen LogP contribution < -0.4 is 9.64 Å². The molecule has 2 aliphatic heterocycles. The Bertz CT molecular complexity index is 1090. The molecule has 1 saturated heterocycles. The first-order valence-corrected chi connectivity index (χ1v) is 9.60. The van der Waals surface area contributed by atoms with Gasteiger partial charge in [-0.05, 0) is 26.8 Å². The summed E-state index contributed by atoms with van der Waals surface area (Å²) in [6, 6.07) is 1.80. The van der Waals surface area contributed by atoms with E-state index in [1.165, 1.54) is 0 Å². The van der Waals surface area contributed by atoms with Crippen LogP contribution in [0.15, 0.2) is 18.5 Å². The van der Waals surface area contributed by atoms with E-state index in [1.807, 2.05) is 6.92 Å². The normalized spacial score (nSPS) is 21.6. The van der Waals surface area contributed by atoms with Crippen LogP contribution in [0.5, 0.6) is 5.75 Å². The van der Waals surface area contributed by atoms with E-state index >= 15 is 0 Å².